The zero-order valence-electron chi connectivity index (χ0n) is 12.1. The van der Waals surface area contributed by atoms with Crippen LogP contribution in [-0.2, 0) is 0 Å². The van der Waals surface area contributed by atoms with Crippen molar-refractivity contribution in [2.24, 2.45) is 0 Å². The molecule has 1 saturated heterocycles. The minimum atomic E-state index is -0.456. The van der Waals surface area contributed by atoms with E-state index < -0.39 is 10.5 Å². The molecule has 0 aromatic heterocycles. The van der Waals surface area contributed by atoms with E-state index in [0.29, 0.717) is 12.2 Å². The first-order valence-electron chi connectivity index (χ1n) is 7.15. The molecule has 21 heavy (non-hydrogen) atoms. The van der Waals surface area contributed by atoms with Gasteiger partial charge >= 0.3 is 0 Å². The number of nitro groups is 1. The zero-order valence-corrected chi connectivity index (χ0v) is 12.1. The summed E-state index contributed by atoms with van der Waals surface area (Å²) in [5.41, 5.74) is 0.284. The summed E-state index contributed by atoms with van der Waals surface area (Å²) in [6, 6.07) is 6.45. The van der Waals surface area contributed by atoms with Gasteiger partial charge in [0.2, 0.25) is 0 Å². The van der Waals surface area contributed by atoms with Crippen LogP contribution in [0.3, 0.4) is 0 Å². The van der Waals surface area contributed by atoms with E-state index in [2.05, 4.69) is 0 Å². The number of benzene rings is 1. The molecular formula is C15H19N3O3. The Labute approximate surface area is 123 Å². The smallest absolute Gasteiger partial charge is 0.293 e. The number of nitrogens with zero attached hydrogens (tertiary/aromatic N) is 3. The van der Waals surface area contributed by atoms with Crippen molar-refractivity contribution in [2.75, 3.05) is 18.1 Å². The van der Waals surface area contributed by atoms with Crippen molar-refractivity contribution in [3.63, 3.8) is 0 Å². The average Bonchev–Trinajstić information content (AvgIpc) is 2.91. The van der Waals surface area contributed by atoms with E-state index in [1.54, 1.807) is 12.1 Å². The second-order valence-corrected chi connectivity index (χ2v) is 5.46. The van der Waals surface area contributed by atoms with Gasteiger partial charge < -0.3 is 10.0 Å². The molecule has 0 spiro atoms. The van der Waals surface area contributed by atoms with Gasteiger partial charge in [-0.2, -0.15) is 5.26 Å². The summed E-state index contributed by atoms with van der Waals surface area (Å²) in [5.74, 6) is 0. The van der Waals surface area contributed by atoms with Crippen LogP contribution < -0.4 is 4.90 Å². The van der Waals surface area contributed by atoms with Crippen LogP contribution in [0.1, 0.15) is 38.2 Å². The van der Waals surface area contributed by atoms with Crippen molar-refractivity contribution in [2.45, 2.75) is 38.1 Å². The molecule has 0 bridgehead atoms. The SMILES string of the molecule is CCC[C@]1(CO)CCCN1c1ccc(C#N)cc1[N+](=O)[O-]. The minimum Gasteiger partial charge on any atom is -0.394 e. The lowest BCUT2D eigenvalue weighted by molar-refractivity contribution is -0.384. The summed E-state index contributed by atoms with van der Waals surface area (Å²) in [6.45, 7) is 2.71. The number of rotatable bonds is 5. The molecule has 1 aliphatic rings. The summed E-state index contributed by atoms with van der Waals surface area (Å²) in [5, 5.41) is 30.1. The molecule has 0 unspecified atom stereocenters. The number of hydrogen-bond acceptors (Lipinski definition) is 5. The quantitative estimate of drug-likeness (QED) is 0.664. The average molecular weight is 289 g/mol. The predicted octanol–water partition coefficient (Wildman–Crippen LogP) is 2.60. The highest BCUT2D eigenvalue weighted by Gasteiger charge is 2.42. The van der Waals surface area contributed by atoms with Gasteiger partial charge in [0, 0.05) is 12.6 Å². The van der Waals surface area contributed by atoms with E-state index in [1.165, 1.54) is 6.07 Å². The monoisotopic (exact) mass is 289 g/mol. The lowest BCUT2D eigenvalue weighted by Gasteiger charge is -2.38. The fourth-order valence-corrected chi connectivity index (χ4v) is 3.25. The van der Waals surface area contributed by atoms with Crippen molar-refractivity contribution < 1.29 is 10.0 Å². The molecule has 0 amide bonds. The molecule has 1 N–H and O–H groups in total. The van der Waals surface area contributed by atoms with Gasteiger partial charge in [-0.3, -0.25) is 10.1 Å². The topological polar surface area (TPSA) is 90.4 Å². The Morgan fingerprint density at radius 1 is 1.57 bits per heavy atom. The van der Waals surface area contributed by atoms with E-state index in [1.807, 2.05) is 17.9 Å². The van der Waals surface area contributed by atoms with Gasteiger partial charge in [0.15, 0.2) is 0 Å². The maximum atomic E-state index is 11.3. The van der Waals surface area contributed by atoms with Crippen molar-refractivity contribution >= 4 is 11.4 Å². The van der Waals surface area contributed by atoms with E-state index in [0.717, 1.165) is 25.7 Å². The highest BCUT2D eigenvalue weighted by atomic mass is 16.6. The predicted molar refractivity (Wildman–Crippen MR) is 79.1 cm³/mol. The Kier molecular flexibility index (Phi) is 4.43. The summed E-state index contributed by atoms with van der Waals surface area (Å²) in [6.07, 6.45) is 3.42. The Hall–Kier alpha value is -2.13. The lowest BCUT2D eigenvalue weighted by Crippen LogP contribution is -2.47. The van der Waals surface area contributed by atoms with E-state index in [9.17, 15) is 15.2 Å². The summed E-state index contributed by atoms with van der Waals surface area (Å²) < 4.78 is 0. The highest BCUT2D eigenvalue weighted by Crippen LogP contribution is 2.41. The second kappa shape index (κ2) is 6.10. The molecule has 1 atom stereocenters. The van der Waals surface area contributed by atoms with Gasteiger partial charge in [0.25, 0.3) is 5.69 Å². The van der Waals surface area contributed by atoms with E-state index in [-0.39, 0.29) is 17.9 Å². The van der Waals surface area contributed by atoms with Crippen LogP contribution in [-0.4, -0.2) is 28.7 Å². The van der Waals surface area contributed by atoms with Crippen molar-refractivity contribution in [3.8, 4) is 6.07 Å². The number of anilines is 1. The summed E-state index contributed by atoms with van der Waals surface area (Å²) in [4.78, 5) is 12.8. The fraction of sp³-hybridized carbons (Fsp3) is 0.533. The molecule has 1 aliphatic heterocycles. The van der Waals surface area contributed by atoms with Crippen molar-refractivity contribution in [1.82, 2.24) is 0 Å². The highest BCUT2D eigenvalue weighted by molar-refractivity contribution is 5.67. The molecule has 1 aromatic rings. The first-order valence-corrected chi connectivity index (χ1v) is 7.15. The summed E-state index contributed by atoms with van der Waals surface area (Å²) >= 11 is 0. The van der Waals surface area contributed by atoms with Crippen molar-refractivity contribution in [3.05, 3.63) is 33.9 Å². The number of hydrogen-bond donors (Lipinski definition) is 1. The van der Waals surface area contributed by atoms with Crippen LogP contribution in [0.25, 0.3) is 0 Å². The van der Waals surface area contributed by atoms with Gasteiger partial charge in [-0.25, -0.2) is 0 Å². The first-order chi connectivity index (χ1) is 10.1. The molecule has 6 nitrogen and oxygen atoms in total. The normalized spacial score (nSPS) is 21.3. The Bertz CT molecular complexity index is 582. The van der Waals surface area contributed by atoms with Gasteiger partial charge in [0.1, 0.15) is 5.69 Å². The molecule has 0 aliphatic carbocycles. The molecule has 1 fully saturated rings. The standard InChI is InChI=1S/C15H19N3O3/c1-2-6-15(11-19)7-3-8-17(15)13-5-4-12(10-16)9-14(13)18(20)21/h4-5,9,19H,2-3,6-8,11H2,1H3/t15-/m1/s1. The van der Waals surface area contributed by atoms with Crippen LogP contribution in [0.15, 0.2) is 18.2 Å². The van der Waals surface area contributed by atoms with E-state index in [4.69, 9.17) is 5.26 Å². The Balaban J connectivity index is 2.50. The molecule has 6 heteroatoms. The third-order valence-corrected chi connectivity index (χ3v) is 4.20. The molecule has 1 aromatic carbocycles. The van der Waals surface area contributed by atoms with Gasteiger partial charge in [-0.15, -0.1) is 0 Å². The van der Waals surface area contributed by atoms with E-state index >= 15 is 0 Å². The Morgan fingerprint density at radius 3 is 2.90 bits per heavy atom. The van der Waals surface area contributed by atoms with Crippen LogP contribution in [0.5, 0.6) is 0 Å². The number of aliphatic hydroxyl groups excluding tert-OH is 1. The van der Waals surface area contributed by atoms with Crippen LogP contribution in [0.4, 0.5) is 11.4 Å². The first kappa shape index (κ1) is 15.3. The number of nitro benzene ring substituents is 1. The zero-order chi connectivity index (χ0) is 15.5. The number of nitriles is 1. The van der Waals surface area contributed by atoms with Gasteiger partial charge in [0.05, 0.1) is 28.7 Å². The van der Waals surface area contributed by atoms with Gasteiger partial charge in [-0.1, -0.05) is 13.3 Å². The van der Waals surface area contributed by atoms with Crippen LogP contribution in [0, 0.1) is 21.4 Å². The van der Waals surface area contributed by atoms with Gasteiger partial charge in [-0.05, 0) is 31.4 Å². The number of aliphatic hydroxyl groups is 1. The van der Waals surface area contributed by atoms with Crippen molar-refractivity contribution in [1.29, 1.82) is 5.26 Å². The second-order valence-electron chi connectivity index (χ2n) is 5.46. The minimum absolute atomic E-state index is 0.0159. The molecular weight excluding hydrogens is 270 g/mol. The Morgan fingerprint density at radius 2 is 2.33 bits per heavy atom. The fourth-order valence-electron chi connectivity index (χ4n) is 3.25. The largest absolute Gasteiger partial charge is 0.394 e. The molecule has 112 valence electrons. The van der Waals surface area contributed by atoms with Crippen LogP contribution >= 0.6 is 0 Å². The molecule has 2 rings (SSSR count). The molecule has 1 heterocycles. The maximum Gasteiger partial charge on any atom is 0.293 e. The third-order valence-electron chi connectivity index (χ3n) is 4.20. The third kappa shape index (κ3) is 2.69. The lowest BCUT2D eigenvalue weighted by atomic mass is 9.91. The maximum absolute atomic E-state index is 11.3. The molecule has 0 saturated carbocycles. The molecule has 0 radical (unpaired) electrons. The summed E-state index contributed by atoms with van der Waals surface area (Å²) in [7, 11) is 0. The van der Waals surface area contributed by atoms with Crippen LogP contribution in [0.2, 0.25) is 0 Å².